The van der Waals surface area contributed by atoms with Crippen molar-refractivity contribution in [1.82, 2.24) is 15.1 Å². The Kier molecular flexibility index (Phi) is 7.12. The highest BCUT2D eigenvalue weighted by molar-refractivity contribution is 5.99. The zero-order valence-electron chi connectivity index (χ0n) is 20.9. The fourth-order valence-corrected chi connectivity index (χ4v) is 5.85. The van der Waals surface area contributed by atoms with Gasteiger partial charge in [-0.3, -0.25) is 19.3 Å². The van der Waals surface area contributed by atoms with E-state index in [-0.39, 0.29) is 36.2 Å². The van der Waals surface area contributed by atoms with E-state index in [0.29, 0.717) is 18.5 Å². The van der Waals surface area contributed by atoms with E-state index in [2.05, 4.69) is 15.1 Å². The molecule has 190 valence electrons. The van der Waals surface area contributed by atoms with Gasteiger partial charge in [-0.15, -0.1) is 0 Å². The lowest BCUT2D eigenvalue weighted by Crippen LogP contribution is -2.54. The van der Waals surface area contributed by atoms with Crippen molar-refractivity contribution in [3.63, 3.8) is 0 Å². The van der Waals surface area contributed by atoms with E-state index in [1.165, 1.54) is 19.3 Å². The van der Waals surface area contributed by atoms with Gasteiger partial charge in [0.1, 0.15) is 18.7 Å². The summed E-state index contributed by atoms with van der Waals surface area (Å²) < 4.78 is 5.54. The number of nitrogens with zero attached hydrogens (tertiary/aromatic N) is 3. The molecule has 0 radical (unpaired) electrons. The normalized spacial score (nSPS) is 26.9. The fourth-order valence-electron chi connectivity index (χ4n) is 5.85. The number of likely N-dealkylation sites (tertiary alicyclic amines) is 1. The SMILES string of the molecule is CCC(C)[C@H](NC(=O)c1ccc(N2CCN(C3CCC3)CC2)cc1)C(=O)N1CC[C@H]2OCC(=O)[C@H]21. The monoisotopic (exact) mass is 482 g/mol. The number of ether oxygens (including phenoxy) is 1. The van der Waals surface area contributed by atoms with Crippen LogP contribution >= 0.6 is 0 Å². The third-order valence-corrected chi connectivity index (χ3v) is 8.56. The minimum absolute atomic E-state index is 0.0424. The second-order valence-corrected chi connectivity index (χ2v) is 10.6. The lowest BCUT2D eigenvalue weighted by molar-refractivity contribution is -0.139. The van der Waals surface area contributed by atoms with Crippen LogP contribution in [0.25, 0.3) is 0 Å². The van der Waals surface area contributed by atoms with E-state index in [4.69, 9.17) is 4.74 Å². The van der Waals surface area contributed by atoms with E-state index in [1.807, 2.05) is 38.1 Å². The number of rotatable bonds is 7. The lowest BCUT2D eigenvalue weighted by Gasteiger charge is -2.43. The van der Waals surface area contributed by atoms with E-state index in [1.54, 1.807) is 4.90 Å². The summed E-state index contributed by atoms with van der Waals surface area (Å²) in [5.74, 6) is -0.525. The Morgan fingerprint density at radius 1 is 1.06 bits per heavy atom. The summed E-state index contributed by atoms with van der Waals surface area (Å²) in [7, 11) is 0. The molecule has 8 nitrogen and oxygen atoms in total. The Morgan fingerprint density at radius 2 is 1.77 bits per heavy atom. The highest BCUT2D eigenvalue weighted by atomic mass is 16.5. The summed E-state index contributed by atoms with van der Waals surface area (Å²) in [6, 6.07) is 7.33. The van der Waals surface area contributed by atoms with Crippen LogP contribution in [0.2, 0.25) is 0 Å². The molecule has 2 amide bonds. The van der Waals surface area contributed by atoms with E-state index >= 15 is 0 Å². The van der Waals surface area contributed by atoms with Crippen LogP contribution in [0.1, 0.15) is 56.3 Å². The number of hydrogen-bond acceptors (Lipinski definition) is 6. The average Bonchev–Trinajstić information content (AvgIpc) is 3.44. The lowest BCUT2D eigenvalue weighted by atomic mass is 9.91. The topological polar surface area (TPSA) is 82.2 Å². The Hall–Kier alpha value is -2.45. The van der Waals surface area contributed by atoms with Crippen molar-refractivity contribution in [3.8, 4) is 0 Å². The molecule has 1 aromatic rings. The van der Waals surface area contributed by atoms with Crippen molar-refractivity contribution in [1.29, 1.82) is 0 Å². The third-order valence-electron chi connectivity index (χ3n) is 8.56. The summed E-state index contributed by atoms with van der Waals surface area (Å²) in [5, 5.41) is 2.98. The molecule has 1 saturated carbocycles. The van der Waals surface area contributed by atoms with Crippen molar-refractivity contribution >= 4 is 23.3 Å². The molecule has 0 aromatic heterocycles. The maximum Gasteiger partial charge on any atom is 0.251 e. The van der Waals surface area contributed by atoms with Crippen LogP contribution in [-0.2, 0) is 14.3 Å². The number of benzene rings is 1. The molecule has 35 heavy (non-hydrogen) atoms. The number of hydrogen-bond donors (Lipinski definition) is 1. The van der Waals surface area contributed by atoms with E-state index in [9.17, 15) is 14.4 Å². The van der Waals surface area contributed by atoms with Crippen LogP contribution in [0, 0.1) is 5.92 Å². The predicted molar refractivity (Wildman–Crippen MR) is 133 cm³/mol. The molecule has 4 aliphatic rings. The van der Waals surface area contributed by atoms with Crippen molar-refractivity contribution in [2.24, 2.45) is 5.92 Å². The molecule has 3 saturated heterocycles. The van der Waals surface area contributed by atoms with E-state index < -0.39 is 12.1 Å². The molecule has 1 unspecified atom stereocenters. The largest absolute Gasteiger partial charge is 0.369 e. The minimum Gasteiger partial charge on any atom is -0.369 e. The fraction of sp³-hybridized carbons (Fsp3) is 0.667. The van der Waals surface area contributed by atoms with Gasteiger partial charge in [0.15, 0.2) is 5.78 Å². The van der Waals surface area contributed by atoms with Gasteiger partial charge in [-0.2, -0.15) is 0 Å². The summed E-state index contributed by atoms with van der Waals surface area (Å²) in [6.45, 7) is 8.74. The van der Waals surface area contributed by atoms with Crippen molar-refractivity contribution in [2.45, 2.75) is 70.2 Å². The molecule has 1 aromatic carbocycles. The zero-order chi connectivity index (χ0) is 24.5. The molecule has 8 heteroatoms. The van der Waals surface area contributed by atoms with Gasteiger partial charge >= 0.3 is 0 Å². The molecule has 4 atom stereocenters. The van der Waals surface area contributed by atoms with Crippen LogP contribution in [0.15, 0.2) is 24.3 Å². The summed E-state index contributed by atoms with van der Waals surface area (Å²) in [4.78, 5) is 45.5. The number of nitrogens with one attached hydrogen (secondary N) is 1. The first-order chi connectivity index (χ1) is 17.0. The molecule has 1 N–H and O–H groups in total. The number of fused-ring (bicyclic) bond motifs is 1. The first kappa shape index (κ1) is 24.3. The van der Waals surface area contributed by atoms with Crippen LogP contribution in [0.5, 0.6) is 0 Å². The summed E-state index contributed by atoms with van der Waals surface area (Å²) >= 11 is 0. The maximum absolute atomic E-state index is 13.5. The van der Waals surface area contributed by atoms with E-state index in [0.717, 1.165) is 44.3 Å². The number of carbonyl (C=O) groups is 3. The van der Waals surface area contributed by atoms with Gasteiger partial charge < -0.3 is 19.9 Å². The van der Waals surface area contributed by atoms with Gasteiger partial charge in [0.25, 0.3) is 5.91 Å². The second-order valence-electron chi connectivity index (χ2n) is 10.6. The van der Waals surface area contributed by atoms with Gasteiger partial charge in [-0.05, 0) is 49.4 Å². The van der Waals surface area contributed by atoms with Gasteiger partial charge in [0.2, 0.25) is 5.91 Å². The van der Waals surface area contributed by atoms with Crippen molar-refractivity contribution in [2.75, 3.05) is 44.2 Å². The Bertz CT molecular complexity index is 939. The Morgan fingerprint density at radius 3 is 2.40 bits per heavy atom. The third kappa shape index (κ3) is 4.83. The first-order valence-electron chi connectivity index (χ1n) is 13.3. The van der Waals surface area contributed by atoms with Gasteiger partial charge in [-0.25, -0.2) is 0 Å². The highest BCUT2D eigenvalue weighted by Crippen LogP contribution is 2.29. The number of piperazine rings is 1. The molecule has 4 fully saturated rings. The average molecular weight is 483 g/mol. The molecule has 1 aliphatic carbocycles. The molecule has 3 heterocycles. The minimum atomic E-state index is -0.668. The molecule has 0 bridgehead atoms. The van der Waals surface area contributed by atoms with Gasteiger partial charge in [-0.1, -0.05) is 26.7 Å². The standard InChI is InChI=1S/C27H38N4O4/c1-3-18(2)24(27(34)31-12-11-23-25(31)22(32)17-35-23)28-26(33)19-7-9-21(10-8-19)30-15-13-29(14-16-30)20-5-4-6-20/h7-10,18,20,23-25H,3-6,11-17H2,1-2H3,(H,28,33)/t18?,23-,24+,25-/m1/s1. The smallest absolute Gasteiger partial charge is 0.251 e. The van der Waals surface area contributed by atoms with Gasteiger partial charge in [0.05, 0.1) is 6.10 Å². The number of ketones is 1. The summed E-state index contributed by atoms with van der Waals surface area (Å²) in [5.41, 5.74) is 1.68. The maximum atomic E-state index is 13.5. The molecule has 5 rings (SSSR count). The van der Waals surface area contributed by atoms with Crippen molar-refractivity contribution < 1.29 is 19.1 Å². The molecular weight excluding hydrogens is 444 g/mol. The van der Waals surface area contributed by atoms with Crippen LogP contribution in [0.4, 0.5) is 5.69 Å². The number of amides is 2. The highest BCUT2D eigenvalue weighted by Gasteiger charge is 2.48. The molecule has 0 spiro atoms. The number of carbonyl (C=O) groups excluding carboxylic acids is 3. The first-order valence-corrected chi connectivity index (χ1v) is 13.3. The Labute approximate surface area is 207 Å². The predicted octanol–water partition coefficient (Wildman–Crippen LogP) is 2.07. The van der Waals surface area contributed by atoms with Gasteiger partial charge in [0, 0.05) is 50.0 Å². The second kappa shape index (κ2) is 10.3. The van der Waals surface area contributed by atoms with Crippen LogP contribution in [-0.4, -0.2) is 91.0 Å². The number of Topliss-reactive ketones (excluding diaryl/α,β-unsaturated/α-hetero) is 1. The van der Waals surface area contributed by atoms with Crippen molar-refractivity contribution in [3.05, 3.63) is 29.8 Å². The van der Waals surface area contributed by atoms with Crippen LogP contribution in [0.3, 0.4) is 0 Å². The summed E-state index contributed by atoms with van der Waals surface area (Å²) in [6.07, 6.45) is 5.25. The Balaban J connectivity index is 1.21. The number of anilines is 1. The zero-order valence-corrected chi connectivity index (χ0v) is 20.9. The molecule has 3 aliphatic heterocycles. The molecular formula is C27H38N4O4. The van der Waals surface area contributed by atoms with Crippen LogP contribution < -0.4 is 10.2 Å². The quantitative estimate of drug-likeness (QED) is 0.641.